The van der Waals surface area contributed by atoms with Gasteiger partial charge in [-0.2, -0.15) is 5.26 Å². The summed E-state index contributed by atoms with van der Waals surface area (Å²) in [6.45, 7) is 3.98. The smallest absolute Gasteiger partial charge is 0.259 e. The van der Waals surface area contributed by atoms with Crippen LogP contribution in [0.1, 0.15) is 34.8 Å². The van der Waals surface area contributed by atoms with Gasteiger partial charge in [-0.15, -0.1) is 21.5 Å². The van der Waals surface area contributed by atoms with E-state index in [-0.39, 0.29) is 5.56 Å². The normalized spacial score (nSPS) is 17.3. The number of hydrogen-bond acceptors (Lipinski definition) is 8. The van der Waals surface area contributed by atoms with Crippen LogP contribution in [0.4, 0.5) is 5.82 Å². The minimum Gasteiger partial charge on any atom is -0.353 e. The van der Waals surface area contributed by atoms with Gasteiger partial charge in [0.1, 0.15) is 16.7 Å². The van der Waals surface area contributed by atoms with Crippen molar-refractivity contribution in [1.29, 1.82) is 5.26 Å². The van der Waals surface area contributed by atoms with Crippen LogP contribution in [0, 0.1) is 11.3 Å². The Morgan fingerprint density at radius 3 is 2.72 bits per heavy atom. The first-order valence-electron chi connectivity index (χ1n) is 9.96. The van der Waals surface area contributed by atoms with Crippen molar-refractivity contribution in [2.24, 2.45) is 0 Å². The maximum absolute atomic E-state index is 12.7. The number of nitrogens with zero attached hydrogens (tertiary/aromatic N) is 6. The molecule has 1 saturated heterocycles. The molecule has 0 radical (unpaired) electrons. The van der Waals surface area contributed by atoms with Gasteiger partial charge in [-0.25, -0.2) is 4.98 Å². The molecule has 0 spiro atoms. The van der Waals surface area contributed by atoms with E-state index in [1.54, 1.807) is 17.4 Å². The van der Waals surface area contributed by atoms with Gasteiger partial charge in [-0.05, 0) is 43.4 Å². The average Bonchev–Trinajstić information content (AvgIpc) is 3.13. The summed E-state index contributed by atoms with van der Waals surface area (Å²) in [5.74, 6) is 1.54. The quantitative estimate of drug-likeness (QED) is 0.707. The van der Waals surface area contributed by atoms with Gasteiger partial charge in [0.15, 0.2) is 11.5 Å². The number of hydrogen-bond donors (Lipinski definition) is 1. The minimum atomic E-state index is 0.0101. The van der Waals surface area contributed by atoms with E-state index in [0.717, 1.165) is 67.3 Å². The number of rotatable bonds is 3. The maximum atomic E-state index is 12.7. The topological polar surface area (TPSA) is 102 Å². The highest BCUT2D eigenvalue weighted by Gasteiger charge is 2.22. The predicted molar refractivity (Wildman–Crippen MR) is 111 cm³/mol. The van der Waals surface area contributed by atoms with Crippen LogP contribution >= 0.6 is 11.3 Å². The molecule has 4 heterocycles. The monoisotopic (exact) mass is 407 g/mol. The third-order valence-electron chi connectivity index (χ3n) is 5.71. The van der Waals surface area contributed by atoms with E-state index in [9.17, 15) is 4.79 Å². The van der Waals surface area contributed by atoms with Crippen molar-refractivity contribution in [1.82, 2.24) is 25.1 Å². The zero-order valence-corrected chi connectivity index (χ0v) is 16.8. The molecule has 3 aromatic rings. The minimum absolute atomic E-state index is 0.0101. The summed E-state index contributed by atoms with van der Waals surface area (Å²) in [4.78, 5) is 27.2. The molecule has 2 aliphatic rings. The lowest BCUT2D eigenvalue weighted by molar-refractivity contribution is 0.243. The molecule has 0 aromatic carbocycles. The SMILES string of the molecule is N#Cc1ccc(N2CCN(Cc3nc4sc5c(c4c(=O)[nH]3)CCCC5)CC2)nn1. The summed E-state index contributed by atoms with van der Waals surface area (Å²) < 4.78 is 0. The van der Waals surface area contributed by atoms with Gasteiger partial charge in [-0.1, -0.05) is 0 Å². The Balaban J connectivity index is 1.28. The fraction of sp³-hybridized carbons (Fsp3) is 0.450. The molecule has 5 rings (SSSR count). The van der Waals surface area contributed by atoms with Crippen LogP contribution in [0.3, 0.4) is 0 Å². The molecule has 148 valence electrons. The molecular formula is C20H21N7OS. The van der Waals surface area contributed by atoms with Gasteiger partial charge in [0.05, 0.1) is 11.9 Å². The second-order valence-electron chi connectivity index (χ2n) is 7.56. The third kappa shape index (κ3) is 3.50. The van der Waals surface area contributed by atoms with Gasteiger partial charge >= 0.3 is 0 Å². The van der Waals surface area contributed by atoms with E-state index in [4.69, 9.17) is 10.2 Å². The van der Waals surface area contributed by atoms with Crippen molar-refractivity contribution in [2.45, 2.75) is 32.2 Å². The number of nitrogens with one attached hydrogen (secondary N) is 1. The van der Waals surface area contributed by atoms with Gasteiger partial charge < -0.3 is 9.88 Å². The molecule has 0 unspecified atom stereocenters. The van der Waals surface area contributed by atoms with E-state index in [1.807, 2.05) is 12.1 Å². The van der Waals surface area contributed by atoms with Crippen LogP contribution in [0.2, 0.25) is 0 Å². The van der Waals surface area contributed by atoms with Crippen molar-refractivity contribution in [2.75, 3.05) is 31.1 Å². The lowest BCUT2D eigenvalue weighted by atomic mass is 9.97. The van der Waals surface area contributed by atoms with E-state index < -0.39 is 0 Å². The molecule has 1 fully saturated rings. The zero-order valence-electron chi connectivity index (χ0n) is 16.0. The highest BCUT2D eigenvalue weighted by Crippen LogP contribution is 2.33. The zero-order chi connectivity index (χ0) is 19.8. The molecule has 1 aliphatic carbocycles. The Labute approximate surface area is 171 Å². The first-order valence-corrected chi connectivity index (χ1v) is 10.8. The lowest BCUT2D eigenvalue weighted by Gasteiger charge is -2.34. The van der Waals surface area contributed by atoms with Crippen molar-refractivity contribution in [3.05, 3.63) is 44.4 Å². The fourth-order valence-electron chi connectivity index (χ4n) is 4.18. The van der Waals surface area contributed by atoms with Crippen molar-refractivity contribution >= 4 is 27.4 Å². The number of aromatic nitrogens is 4. The molecule has 0 saturated carbocycles. The number of aryl methyl sites for hydroxylation is 2. The average molecular weight is 408 g/mol. The molecule has 0 atom stereocenters. The Bertz CT molecular complexity index is 1140. The molecular weight excluding hydrogens is 386 g/mol. The molecule has 29 heavy (non-hydrogen) atoms. The van der Waals surface area contributed by atoms with Crippen molar-refractivity contribution in [3.8, 4) is 6.07 Å². The van der Waals surface area contributed by atoms with E-state index >= 15 is 0 Å². The predicted octanol–water partition coefficient (Wildman–Crippen LogP) is 1.85. The maximum Gasteiger partial charge on any atom is 0.259 e. The number of piperazine rings is 1. The number of H-pyrrole nitrogens is 1. The third-order valence-corrected chi connectivity index (χ3v) is 6.89. The van der Waals surface area contributed by atoms with E-state index in [0.29, 0.717) is 12.2 Å². The molecule has 9 heteroatoms. The highest BCUT2D eigenvalue weighted by atomic mass is 32.1. The number of aromatic amines is 1. The largest absolute Gasteiger partial charge is 0.353 e. The molecule has 0 amide bonds. The van der Waals surface area contributed by atoms with Crippen molar-refractivity contribution < 1.29 is 0 Å². The number of fused-ring (bicyclic) bond motifs is 3. The summed E-state index contributed by atoms with van der Waals surface area (Å²) in [6.07, 6.45) is 4.44. The van der Waals surface area contributed by atoms with Gasteiger partial charge in [0.25, 0.3) is 5.56 Å². The van der Waals surface area contributed by atoms with Gasteiger partial charge in [0.2, 0.25) is 0 Å². The molecule has 1 N–H and O–H groups in total. The van der Waals surface area contributed by atoms with Crippen LogP contribution in [0.5, 0.6) is 0 Å². The first kappa shape index (κ1) is 18.2. The van der Waals surface area contributed by atoms with Crippen LogP contribution in [0.15, 0.2) is 16.9 Å². The Morgan fingerprint density at radius 1 is 1.14 bits per heavy atom. The summed E-state index contributed by atoms with van der Waals surface area (Å²) in [5.41, 5.74) is 1.57. The molecule has 0 bridgehead atoms. The number of thiophene rings is 1. The van der Waals surface area contributed by atoms with E-state index in [2.05, 4.69) is 25.0 Å². The highest BCUT2D eigenvalue weighted by molar-refractivity contribution is 7.18. The summed E-state index contributed by atoms with van der Waals surface area (Å²) in [7, 11) is 0. The van der Waals surface area contributed by atoms with Crippen LogP contribution in [-0.4, -0.2) is 51.2 Å². The standard InChI is InChI=1S/C20H21N7OS/c21-11-13-5-6-17(25-24-13)27-9-7-26(8-10-27)12-16-22-19(28)18-14-3-1-2-4-15(14)29-20(18)23-16/h5-6H,1-4,7-10,12H2,(H,22,23,28). The summed E-state index contributed by atoms with van der Waals surface area (Å²) >= 11 is 1.69. The van der Waals surface area contributed by atoms with Crippen LogP contribution < -0.4 is 10.5 Å². The molecule has 8 nitrogen and oxygen atoms in total. The lowest BCUT2D eigenvalue weighted by Crippen LogP contribution is -2.46. The molecule has 1 aliphatic heterocycles. The van der Waals surface area contributed by atoms with Crippen molar-refractivity contribution in [3.63, 3.8) is 0 Å². The summed E-state index contributed by atoms with van der Waals surface area (Å²) in [6, 6.07) is 5.52. The van der Waals surface area contributed by atoms with E-state index in [1.165, 1.54) is 16.9 Å². The Kier molecular flexibility index (Phi) is 4.73. The molecule has 3 aromatic heterocycles. The second-order valence-corrected chi connectivity index (χ2v) is 8.64. The van der Waals surface area contributed by atoms with Gasteiger partial charge in [0, 0.05) is 31.1 Å². The van der Waals surface area contributed by atoms with Crippen LogP contribution in [-0.2, 0) is 19.4 Å². The fourth-order valence-corrected chi connectivity index (χ4v) is 5.46. The first-order chi connectivity index (χ1) is 14.2. The Morgan fingerprint density at radius 2 is 1.97 bits per heavy atom. The number of nitriles is 1. The second kappa shape index (κ2) is 7.54. The Hall–Kier alpha value is -2.83. The van der Waals surface area contributed by atoms with Crippen LogP contribution in [0.25, 0.3) is 10.2 Å². The van der Waals surface area contributed by atoms with Gasteiger partial charge in [-0.3, -0.25) is 9.69 Å². The summed E-state index contributed by atoms with van der Waals surface area (Å²) in [5, 5.41) is 17.7. The number of anilines is 1.